The van der Waals surface area contributed by atoms with Gasteiger partial charge in [-0.1, -0.05) is 243 Å². The molecule has 0 amide bonds. The molecule has 0 fully saturated rings. The quantitative estimate of drug-likeness (QED) is 0.116. The Hall–Kier alpha value is -8.32. The molecule has 0 spiro atoms. The van der Waals surface area contributed by atoms with Crippen molar-refractivity contribution >= 4 is 64.6 Å². The molecule has 0 saturated heterocycles. The van der Waals surface area contributed by atoms with Crippen molar-refractivity contribution in [2.45, 2.75) is 0 Å². The van der Waals surface area contributed by atoms with Gasteiger partial charge < -0.3 is 0 Å². The molecule has 0 aromatic heterocycles. The molecule has 0 nitrogen and oxygen atoms in total. The van der Waals surface area contributed by atoms with Crippen molar-refractivity contribution in [2.24, 2.45) is 0 Å². The highest BCUT2D eigenvalue weighted by Gasteiger charge is 2.24. The Bertz CT molecular complexity index is 3860. The fourth-order valence-electron chi connectivity index (χ4n) is 11.0. The molecule has 0 unspecified atom stereocenters. The van der Waals surface area contributed by atoms with Crippen molar-refractivity contribution < 1.29 is 0 Å². The first-order valence-corrected chi connectivity index (χ1v) is 22.3. The van der Waals surface area contributed by atoms with Crippen LogP contribution in [0.5, 0.6) is 0 Å². The summed E-state index contributed by atoms with van der Waals surface area (Å²) < 4.78 is 0. The Balaban J connectivity index is 1.10. The van der Waals surface area contributed by atoms with Gasteiger partial charge in [0.15, 0.2) is 0 Å². The number of fused-ring (bicyclic) bond motifs is 5. The van der Waals surface area contributed by atoms with E-state index in [1.54, 1.807) is 0 Å². The van der Waals surface area contributed by atoms with E-state index in [1.807, 2.05) is 0 Å². The van der Waals surface area contributed by atoms with Gasteiger partial charge in [0.2, 0.25) is 0 Å². The topological polar surface area (TPSA) is 0 Å². The van der Waals surface area contributed by atoms with Gasteiger partial charge >= 0.3 is 0 Å². The van der Waals surface area contributed by atoms with Crippen LogP contribution in [-0.2, 0) is 0 Å². The molecule has 0 heterocycles. The number of rotatable bonds is 6. The van der Waals surface area contributed by atoms with Crippen molar-refractivity contribution in [3.05, 3.63) is 243 Å². The number of benzene rings is 13. The molecule has 0 saturated carbocycles. The summed E-state index contributed by atoms with van der Waals surface area (Å²) in [6, 6.07) is 89.7. The van der Waals surface area contributed by atoms with Gasteiger partial charge in [-0.2, -0.15) is 0 Å². The maximum atomic E-state index is 2.40. The van der Waals surface area contributed by atoms with E-state index < -0.39 is 0 Å². The lowest BCUT2D eigenvalue weighted by Gasteiger charge is -2.23. The number of hydrogen-bond donors (Lipinski definition) is 0. The molecule has 13 rings (SSSR count). The minimum absolute atomic E-state index is 1.21. The third-order valence-electron chi connectivity index (χ3n) is 13.6. The molecule has 0 aliphatic carbocycles. The fourth-order valence-corrected chi connectivity index (χ4v) is 11.0. The van der Waals surface area contributed by atoms with Crippen LogP contribution in [-0.4, -0.2) is 0 Å². The largest absolute Gasteiger partial charge is 0.0622 e. The van der Waals surface area contributed by atoms with Crippen LogP contribution in [0.2, 0.25) is 0 Å². The van der Waals surface area contributed by atoms with Crippen LogP contribution >= 0.6 is 0 Å². The highest BCUT2D eigenvalue weighted by Crippen LogP contribution is 2.52. The lowest BCUT2D eigenvalue weighted by Crippen LogP contribution is -1.95. The molecule has 0 aliphatic heterocycles. The Labute approximate surface area is 372 Å². The van der Waals surface area contributed by atoms with Gasteiger partial charge in [0.25, 0.3) is 0 Å². The molecule has 0 radical (unpaired) electrons. The van der Waals surface area contributed by atoms with Gasteiger partial charge in [0.1, 0.15) is 0 Å². The Morgan fingerprint density at radius 2 is 0.516 bits per heavy atom. The van der Waals surface area contributed by atoms with Crippen LogP contribution in [0.1, 0.15) is 0 Å². The lowest BCUT2D eigenvalue weighted by atomic mass is 9.80. The third kappa shape index (κ3) is 5.49. The summed E-state index contributed by atoms with van der Waals surface area (Å²) >= 11 is 0. The normalized spacial score (nSPS) is 11.8. The molecule has 13 aromatic rings. The van der Waals surface area contributed by atoms with E-state index in [-0.39, 0.29) is 0 Å². The highest BCUT2D eigenvalue weighted by atomic mass is 14.3. The van der Waals surface area contributed by atoms with E-state index in [9.17, 15) is 0 Å². The van der Waals surface area contributed by atoms with E-state index in [4.69, 9.17) is 0 Å². The second-order valence-electron chi connectivity index (χ2n) is 17.0. The average molecular weight is 809 g/mol. The number of hydrogen-bond acceptors (Lipinski definition) is 0. The van der Waals surface area contributed by atoms with Crippen molar-refractivity contribution in [3.8, 4) is 66.8 Å². The Morgan fingerprint density at radius 3 is 1.14 bits per heavy atom. The summed E-state index contributed by atoms with van der Waals surface area (Å²) in [6.07, 6.45) is 0. The smallest absolute Gasteiger partial charge is 0.00137 e. The summed E-state index contributed by atoms with van der Waals surface area (Å²) in [5.41, 5.74) is 14.9. The van der Waals surface area contributed by atoms with Gasteiger partial charge in [0.05, 0.1) is 0 Å². The van der Waals surface area contributed by atoms with Crippen LogP contribution in [0.4, 0.5) is 0 Å². The second kappa shape index (κ2) is 14.7. The maximum Gasteiger partial charge on any atom is -0.00137 e. The minimum Gasteiger partial charge on any atom is -0.0622 e. The zero-order valence-electron chi connectivity index (χ0n) is 35.1. The van der Waals surface area contributed by atoms with Gasteiger partial charge in [-0.3, -0.25) is 0 Å². The Kier molecular flexibility index (Phi) is 8.32. The highest BCUT2D eigenvalue weighted by molar-refractivity contribution is 6.41. The lowest BCUT2D eigenvalue weighted by molar-refractivity contribution is 1.57. The molecule has 64 heavy (non-hydrogen) atoms. The molecule has 0 N–H and O–H groups in total. The van der Waals surface area contributed by atoms with Crippen LogP contribution in [0.25, 0.3) is 131 Å². The summed E-state index contributed by atoms with van der Waals surface area (Å²) in [7, 11) is 0. The van der Waals surface area contributed by atoms with Crippen LogP contribution < -0.4 is 0 Å². The van der Waals surface area contributed by atoms with E-state index in [0.717, 1.165) is 0 Å². The van der Waals surface area contributed by atoms with E-state index in [0.29, 0.717) is 0 Å². The van der Waals surface area contributed by atoms with Gasteiger partial charge in [-0.05, 0) is 131 Å². The standard InChI is InChI=1S/C64H40/c1-4-19-41(20-5-1)44-25-10-11-26-47(44)50-37-40-59-61-51(50)33-17-34-53(61)55-35-18-36-58-62(52-29-14-15-30-54(52)64(59)63(55)58)57-39-38-56(48-27-12-13-28-49(48)57)60-45(42-21-6-2-7-22-42)31-16-32-46(60)43-23-8-3-9-24-43/h1-40H. The molecule has 296 valence electrons. The van der Waals surface area contributed by atoms with E-state index in [1.165, 1.54) is 131 Å². The van der Waals surface area contributed by atoms with Crippen LogP contribution in [0.3, 0.4) is 0 Å². The first-order valence-electron chi connectivity index (χ1n) is 22.3. The molecular weight excluding hydrogens is 769 g/mol. The molecular formula is C64H40. The van der Waals surface area contributed by atoms with Gasteiger partial charge in [-0.15, -0.1) is 0 Å². The van der Waals surface area contributed by atoms with Crippen LogP contribution in [0.15, 0.2) is 243 Å². The summed E-state index contributed by atoms with van der Waals surface area (Å²) in [6.45, 7) is 0. The predicted molar refractivity (Wildman–Crippen MR) is 275 cm³/mol. The molecule has 0 aliphatic rings. The molecule has 0 heteroatoms. The third-order valence-corrected chi connectivity index (χ3v) is 13.6. The van der Waals surface area contributed by atoms with Crippen molar-refractivity contribution in [1.29, 1.82) is 0 Å². The monoisotopic (exact) mass is 808 g/mol. The van der Waals surface area contributed by atoms with E-state index >= 15 is 0 Å². The first-order chi connectivity index (χ1) is 31.8. The second-order valence-corrected chi connectivity index (χ2v) is 17.0. The summed E-state index contributed by atoms with van der Waals surface area (Å²) in [5, 5.41) is 15.4. The van der Waals surface area contributed by atoms with Gasteiger partial charge in [0, 0.05) is 0 Å². The SMILES string of the molecule is c1ccc(-c2ccccc2-c2ccc3c4c2cccc4c2cccc4c(-c5ccc(-c6c(-c7ccccc7)cccc6-c6ccccc6)c6ccccc56)c5ccccc5c3c42)cc1. The zero-order chi connectivity index (χ0) is 42.1. The van der Waals surface area contributed by atoms with Crippen LogP contribution in [0, 0.1) is 0 Å². The average Bonchev–Trinajstić information content (AvgIpc) is 3.38. The van der Waals surface area contributed by atoms with Crippen molar-refractivity contribution in [1.82, 2.24) is 0 Å². The van der Waals surface area contributed by atoms with Crippen molar-refractivity contribution in [3.63, 3.8) is 0 Å². The first kappa shape index (κ1) is 36.3. The zero-order valence-corrected chi connectivity index (χ0v) is 35.1. The summed E-state index contributed by atoms with van der Waals surface area (Å²) in [4.78, 5) is 0. The fraction of sp³-hybridized carbons (Fsp3) is 0. The maximum absolute atomic E-state index is 2.40. The van der Waals surface area contributed by atoms with Gasteiger partial charge in [-0.25, -0.2) is 0 Å². The predicted octanol–water partition coefficient (Wildman–Crippen LogP) is 18.0. The molecule has 0 atom stereocenters. The molecule has 13 aromatic carbocycles. The Morgan fingerprint density at radius 1 is 0.141 bits per heavy atom. The van der Waals surface area contributed by atoms with E-state index in [2.05, 4.69) is 243 Å². The molecule has 0 bridgehead atoms. The van der Waals surface area contributed by atoms with Crippen molar-refractivity contribution in [2.75, 3.05) is 0 Å². The minimum atomic E-state index is 1.21. The summed E-state index contributed by atoms with van der Waals surface area (Å²) in [5.74, 6) is 0.